The predicted molar refractivity (Wildman–Crippen MR) is 142 cm³/mol. The number of ether oxygens (including phenoxy) is 3. The lowest BCUT2D eigenvalue weighted by Gasteiger charge is -2.24. The highest BCUT2D eigenvalue weighted by molar-refractivity contribution is 7.07. The standard InChI is InChI=1S/C28H30N2O6S/c1-5-6-7-14-36-20-11-9-19(10-12-20)25-24(27(33)35-4)17(2)29-28-30(25)26(32)23(37-28)16-18-8-13-21(31)22(15-18)34-3/h8-13,15-16,25,31H,5-7,14H2,1-4H3. The molecule has 1 atom stereocenters. The molecule has 1 N–H and O–H groups in total. The van der Waals surface area contributed by atoms with Gasteiger partial charge in [0.2, 0.25) is 0 Å². The van der Waals surface area contributed by atoms with Crippen LogP contribution in [0.25, 0.3) is 6.08 Å². The predicted octanol–water partition coefficient (Wildman–Crippen LogP) is 3.69. The molecule has 1 unspecified atom stereocenters. The molecule has 1 aromatic heterocycles. The van der Waals surface area contributed by atoms with Crippen molar-refractivity contribution in [3.05, 3.63) is 84.5 Å². The second-order valence-electron chi connectivity index (χ2n) is 8.63. The van der Waals surface area contributed by atoms with Gasteiger partial charge in [-0.3, -0.25) is 9.36 Å². The molecule has 9 heteroatoms. The van der Waals surface area contributed by atoms with Gasteiger partial charge in [-0.2, -0.15) is 0 Å². The third kappa shape index (κ3) is 5.46. The SMILES string of the molecule is CCCCCOc1ccc(C2C(C(=O)OC)=C(C)N=c3sc(=Cc4ccc(O)c(OC)c4)c(=O)n32)cc1. The van der Waals surface area contributed by atoms with E-state index in [1.807, 2.05) is 24.3 Å². The van der Waals surface area contributed by atoms with Crippen LogP contribution in [0.3, 0.4) is 0 Å². The van der Waals surface area contributed by atoms with Crippen LogP contribution in [0.15, 0.2) is 63.5 Å². The van der Waals surface area contributed by atoms with E-state index in [0.717, 1.165) is 30.6 Å². The Hall–Kier alpha value is -3.85. The number of aromatic hydroxyl groups is 1. The zero-order chi connectivity index (χ0) is 26.5. The first-order valence-electron chi connectivity index (χ1n) is 12.1. The molecule has 37 heavy (non-hydrogen) atoms. The highest BCUT2D eigenvalue weighted by Crippen LogP contribution is 2.32. The summed E-state index contributed by atoms with van der Waals surface area (Å²) in [5.74, 6) is 0.509. The van der Waals surface area contributed by atoms with E-state index in [1.54, 1.807) is 25.1 Å². The molecule has 0 saturated heterocycles. The van der Waals surface area contributed by atoms with Crippen molar-refractivity contribution < 1.29 is 24.1 Å². The van der Waals surface area contributed by atoms with E-state index >= 15 is 0 Å². The summed E-state index contributed by atoms with van der Waals surface area (Å²) in [7, 11) is 2.78. The first-order chi connectivity index (χ1) is 17.9. The number of rotatable bonds is 9. The van der Waals surface area contributed by atoms with Crippen molar-refractivity contribution in [3.63, 3.8) is 0 Å². The molecule has 2 aromatic carbocycles. The van der Waals surface area contributed by atoms with E-state index in [9.17, 15) is 14.7 Å². The maximum absolute atomic E-state index is 13.7. The van der Waals surface area contributed by atoms with Crippen molar-refractivity contribution in [2.24, 2.45) is 4.99 Å². The average Bonchev–Trinajstić information content (AvgIpc) is 3.21. The number of thiazole rings is 1. The molecular weight excluding hydrogens is 492 g/mol. The van der Waals surface area contributed by atoms with E-state index in [0.29, 0.717) is 38.5 Å². The molecule has 0 saturated carbocycles. The fourth-order valence-electron chi connectivity index (χ4n) is 4.23. The van der Waals surface area contributed by atoms with Crippen LogP contribution in [0.5, 0.6) is 17.2 Å². The number of esters is 1. The van der Waals surface area contributed by atoms with E-state index in [-0.39, 0.29) is 11.3 Å². The van der Waals surface area contributed by atoms with Gasteiger partial charge in [0.1, 0.15) is 5.75 Å². The average molecular weight is 523 g/mol. The van der Waals surface area contributed by atoms with Gasteiger partial charge >= 0.3 is 5.97 Å². The third-order valence-electron chi connectivity index (χ3n) is 6.14. The first-order valence-corrected chi connectivity index (χ1v) is 12.9. The highest BCUT2D eigenvalue weighted by atomic mass is 32.1. The van der Waals surface area contributed by atoms with Crippen LogP contribution >= 0.6 is 11.3 Å². The molecule has 0 spiro atoms. The van der Waals surface area contributed by atoms with E-state index in [2.05, 4.69) is 11.9 Å². The summed E-state index contributed by atoms with van der Waals surface area (Å²) in [6.45, 7) is 4.52. The topological polar surface area (TPSA) is 99.4 Å². The summed E-state index contributed by atoms with van der Waals surface area (Å²) in [6.07, 6.45) is 4.93. The number of hydrogen-bond acceptors (Lipinski definition) is 8. The van der Waals surface area contributed by atoms with E-state index in [1.165, 1.54) is 36.2 Å². The monoisotopic (exact) mass is 522 g/mol. The van der Waals surface area contributed by atoms with Gasteiger partial charge in [-0.25, -0.2) is 9.79 Å². The summed E-state index contributed by atoms with van der Waals surface area (Å²) in [5.41, 5.74) is 1.95. The van der Waals surface area contributed by atoms with Crippen LogP contribution < -0.4 is 24.4 Å². The van der Waals surface area contributed by atoms with Gasteiger partial charge in [0, 0.05) is 0 Å². The molecule has 2 heterocycles. The van der Waals surface area contributed by atoms with Crippen molar-refractivity contribution in [2.75, 3.05) is 20.8 Å². The van der Waals surface area contributed by atoms with Gasteiger partial charge in [-0.05, 0) is 54.8 Å². The Bertz CT molecular complexity index is 1500. The van der Waals surface area contributed by atoms with Gasteiger partial charge in [0.05, 0.1) is 42.7 Å². The van der Waals surface area contributed by atoms with Gasteiger partial charge in [0.15, 0.2) is 16.3 Å². The van der Waals surface area contributed by atoms with Crippen LogP contribution in [0.1, 0.15) is 50.3 Å². The van der Waals surface area contributed by atoms with Crippen LogP contribution in [-0.2, 0) is 9.53 Å². The number of carbonyl (C=O) groups excluding carboxylic acids is 1. The number of allylic oxidation sites excluding steroid dienone is 1. The number of fused-ring (bicyclic) bond motifs is 1. The molecule has 1 aliphatic rings. The van der Waals surface area contributed by atoms with Crippen LogP contribution in [0.4, 0.5) is 0 Å². The largest absolute Gasteiger partial charge is 0.504 e. The van der Waals surface area contributed by atoms with Gasteiger partial charge in [0.25, 0.3) is 5.56 Å². The number of hydrogen-bond donors (Lipinski definition) is 1. The Kier molecular flexibility index (Phi) is 8.13. The van der Waals surface area contributed by atoms with Crippen molar-refractivity contribution in [3.8, 4) is 17.2 Å². The van der Waals surface area contributed by atoms with E-state index in [4.69, 9.17) is 14.2 Å². The molecule has 8 nitrogen and oxygen atoms in total. The molecule has 4 rings (SSSR count). The number of phenols is 1. The maximum atomic E-state index is 13.7. The number of carbonyl (C=O) groups is 1. The summed E-state index contributed by atoms with van der Waals surface area (Å²) < 4.78 is 18.1. The third-order valence-corrected chi connectivity index (χ3v) is 7.12. The van der Waals surface area contributed by atoms with Gasteiger partial charge < -0.3 is 19.3 Å². The summed E-state index contributed by atoms with van der Waals surface area (Å²) in [4.78, 5) is 31.5. The number of methoxy groups -OCH3 is 2. The summed E-state index contributed by atoms with van der Waals surface area (Å²) in [6, 6.07) is 11.6. The molecule has 0 radical (unpaired) electrons. The van der Waals surface area contributed by atoms with Crippen LogP contribution in [0.2, 0.25) is 0 Å². The Morgan fingerprint density at radius 1 is 1.16 bits per heavy atom. The number of unbranched alkanes of at least 4 members (excludes halogenated alkanes) is 2. The quantitative estimate of drug-likeness (QED) is 0.340. The van der Waals surface area contributed by atoms with Crippen LogP contribution in [-0.4, -0.2) is 36.5 Å². The number of aromatic nitrogens is 1. The lowest BCUT2D eigenvalue weighted by molar-refractivity contribution is -0.136. The zero-order valence-corrected chi connectivity index (χ0v) is 22.1. The molecule has 1 aliphatic heterocycles. The second-order valence-corrected chi connectivity index (χ2v) is 9.64. The molecule has 0 aliphatic carbocycles. The molecule has 3 aromatic rings. The number of phenolic OH excluding ortho intramolecular Hbond substituents is 1. The van der Waals surface area contributed by atoms with Gasteiger partial charge in [-0.1, -0.05) is 49.3 Å². The van der Waals surface area contributed by atoms with Crippen molar-refractivity contribution >= 4 is 23.4 Å². The van der Waals surface area contributed by atoms with E-state index < -0.39 is 12.0 Å². The Morgan fingerprint density at radius 2 is 1.92 bits per heavy atom. The normalized spacial score (nSPS) is 15.2. The summed E-state index contributed by atoms with van der Waals surface area (Å²) in [5, 5.41) is 9.90. The Morgan fingerprint density at radius 3 is 2.59 bits per heavy atom. The lowest BCUT2D eigenvalue weighted by atomic mass is 9.96. The molecule has 0 amide bonds. The zero-order valence-electron chi connectivity index (χ0n) is 21.3. The first kappa shape index (κ1) is 26.2. The molecule has 0 bridgehead atoms. The smallest absolute Gasteiger partial charge is 0.338 e. The van der Waals surface area contributed by atoms with Crippen molar-refractivity contribution in [1.82, 2.24) is 4.57 Å². The Labute approximate surface area is 218 Å². The summed E-state index contributed by atoms with van der Waals surface area (Å²) >= 11 is 1.23. The lowest BCUT2D eigenvalue weighted by Crippen LogP contribution is -2.39. The Balaban J connectivity index is 1.79. The fourth-order valence-corrected chi connectivity index (χ4v) is 5.28. The number of benzene rings is 2. The molecule has 0 fully saturated rings. The fraction of sp³-hybridized carbons (Fsp3) is 0.321. The minimum atomic E-state index is -0.700. The highest BCUT2D eigenvalue weighted by Gasteiger charge is 2.33. The minimum Gasteiger partial charge on any atom is -0.504 e. The minimum absolute atomic E-state index is 0.0113. The van der Waals surface area contributed by atoms with Gasteiger partial charge in [-0.15, -0.1) is 0 Å². The van der Waals surface area contributed by atoms with Crippen molar-refractivity contribution in [2.45, 2.75) is 39.2 Å². The second kappa shape index (κ2) is 11.5. The van der Waals surface area contributed by atoms with Crippen LogP contribution in [0, 0.1) is 0 Å². The molecular formula is C28H30N2O6S. The van der Waals surface area contributed by atoms with Crippen molar-refractivity contribution in [1.29, 1.82) is 0 Å². The number of nitrogens with zero attached hydrogens (tertiary/aromatic N) is 2. The maximum Gasteiger partial charge on any atom is 0.338 e. The molecule has 194 valence electrons.